The molecule has 0 bridgehead atoms. The lowest BCUT2D eigenvalue weighted by Crippen LogP contribution is -2.87. The molecule has 1 aromatic rings. The molecule has 4 N–H and O–H groups in total. The Bertz CT molecular complexity index is 661. The summed E-state index contributed by atoms with van der Waals surface area (Å²) in [6, 6.07) is 2.15. The van der Waals surface area contributed by atoms with E-state index in [9.17, 15) is 4.79 Å². The third kappa shape index (κ3) is 6.25. The number of nitrogens with two attached hydrogens (primary N) is 1. The Morgan fingerprint density at radius 1 is 1.24 bits per heavy atom. The van der Waals surface area contributed by atoms with Crippen LogP contribution >= 0.6 is 0 Å². The monoisotopic (exact) mass is 409 g/mol. The fourth-order valence-electron chi connectivity index (χ4n) is 3.79. The first-order valence-electron chi connectivity index (χ1n) is 10.9. The van der Waals surface area contributed by atoms with Crippen molar-refractivity contribution in [2.75, 3.05) is 31.6 Å². The third-order valence-electron chi connectivity index (χ3n) is 5.78. The number of nitrogens with one attached hydrogen (secondary N) is 2. The summed E-state index contributed by atoms with van der Waals surface area (Å²) in [6.07, 6.45) is 5.16. The molecule has 1 aromatic heterocycles. The van der Waals surface area contributed by atoms with Gasteiger partial charge in [-0.05, 0) is 33.1 Å². The Kier molecular flexibility index (Phi) is 7.32. The number of piperidine rings is 1. The van der Waals surface area contributed by atoms with E-state index >= 15 is 0 Å². The van der Waals surface area contributed by atoms with E-state index in [0.29, 0.717) is 18.5 Å². The van der Waals surface area contributed by atoms with Gasteiger partial charge in [0.25, 0.3) is 0 Å². The Labute approximate surface area is 173 Å². The Hall–Kier alpha value is -1.48. The number of hydrogen-bond donors (Lipinski definition) is 3. The van der Waals surface area contributed by atoms with Gasteiger partial charge in [0.1, 0.15) is 0 Å². The van der Waals surface area contributed by atoms with Crippen molar-refractivity contribution in [2.45, 2.75) is 83.1 Å². The van der Waals surface area contributed by atoms with Crippen LogP contribution in [0.3, 0.4) is 0 Å². The van der Waals surface area contributed by atoms with E-state index in [4.69, 9.17) is 14.0 Å². The normalized spacial score (nSPS) is 21.9. The number of nitrogens with zero attached hydrogens (tertiary/aromatic N) is 1. The van der Waals surface area contributed by atoms with Crippen LogP contribution in [-0.4, -0.2) is 55.2 Å². The molecule has 3 heterocycles. The van der Waals surface area contributed by atoms with Crippen molar-refractivity contribution in [3.05, 3.63) is 11.8 Å². The molecule has 0 spiro atoms. The summed E-state index contributed by atoms with van der Waals surface area (Å²) in [5.74, 6) is 0.234. The second kappa shape index (κ2) is 9.55. The minimum absolute atomic E-state index is 0.126. The number of amides is 1. The summed E-state index contributed by atoms with van der Waals surface area (Å²) in [7, 11) is 0. The highest BCUT2D eigenvalue weighted by atomic mass is 16.7. The van der Waals surface area contributed by atoms with E-state index in [1.165, 1.54) is 0 Å². The first-order chi connectivity index (χ1) is 13.8. The smallest absolute Gasteiger partial charge is 0.246 e. The van der Waals surface area contributed by atoms with Crippen LogP contribution in [0.1, 0.15) is 65.5 Å². The summed E-state index contributed by atoms with van der Waals surface area (Å²) < 4.78 is 17.0. The van der Waals surface area contributed by atoms with Crippen molar-refractivity contribution >= 4 is 11.8 Å². The first kappa shape index (κ1) is 22.2. The van der Waals surface area contributed by atoms with Gasteiger partial charge in [-0.25, -0.2) is 0 Å². The van der Waals surface area contributed by atoms with E-state index in [2.05, 4.69) is 21.1 Å². The molecule has 3 rings (SSSR count). The van der Waals surface area contributed by atoms with Crippen LogP contribution in [0.5, 0.6) is 0 Å². The predicted molar refractivity (Wildman–Crippen MR) is 110 cm³/mol. The molecule has 0 aliphatic carbocycles. The standard InChI is InChI=1S/C21H36N4O4/c1-20(2,14-28-18-7-5-6-12-27-18)16-13-17(29-25-16)23-19(26)21(3,4)24-15-8-10-22-11-9-15/h13,15,18,22,24H,5-12,14H2,1-4H3,(H,23,26)/p+1. The molecule has 1 atom stereocenters. The molecule has 2 fully saturated rings. The molecule has 8 nitrogen and oxygen atoms in total. The second-order valence-corrected chi connectivity index (χ2v) is 9.43. The van der Waals surface area contributed by atoms with Gasteiger partial charge in [0.2, 0.25) is 11.8 Å². The number of carbonyl (C=O) groups is 1. The van der Waals surface area contributed by atoms with Crippen molar-refractivity contribution in [3.8, 4) is 0 Å². The van der Waals surface area contributed by atoms with Gasteiger partial charge < -0.3 is 24.6 Å². The van der Waals surface area contributed by atoms with Crippen LogP contribution in [0.15, 0.2) is 10.6 Å². The number of quaternary nitrogens is 1. The van der Waals surface area contributed by atoms with Crippen LogP contribution in [-0.2, 0) is 19.7 Å². The van der Waals surface area contributed by atoms with Gasteiger partial charge >= 0.3 is 0 Å². The molecule has 2 saturated heterocycles. The summed E-state index contributed by atoms with van der Waals surface area (Å²) in [5, 5.41) is 12.8. The molecule has 1 amide bonds. The zero-order chi connectivity index (χ0) is 20.9. The molecule has 29 heavy (non-hydrogen) atoms. The summed E-state index contributed by atoms with van der Waals surface area (Å²) in [4.78, 5) is 12.8. The van der Waals surface area contributed by atoms with Gasteiger partial charge in [-0.2, -0.15) is 0 Å². The average molecular weight is 410 g/mol. The zero-order valence-corrected chi connectivity index (χ0v) is 18.3. The van der Waals surface area contributed by atoms with Gasteiger partial charge in [-0.1, -0.05) is 19.0 Å². The fourth-order valence-corrected chi connectivity index (χ4v) is 3.79. The molecule has 0 aromatic carbocycles. The summed E-state index contributed by atoms with van der Waals surface area (Å²) >= 11 is 0. The van der Waals surface area contributed by atoms with Crippen LogP contribution < -0.4 is 16.0 Å². The minimum atomic E-state index is -0.689. The van der Waals surface area contributed by atoms with E-state index < -0.39 is 5.54 Å². The van der Waals surface area contributed by atoms with Crippen molar-refractivity contribution in [2.24, 2.45) is 0 Å². The SMILES string of the molecule is CC(C)(NC1CC[NH2+]CC1)C(=O)Nc1cc(C(C)(C)COC2CCCCO2)no1. The lowest BCUT2D eigenvalue weighted by molar-refractivity contribution is -0.663. The highest BCUT2D eigenvalue weighted by Crippen LogP contribution is 2.27. The Morgan fingerprint density at radius 2 is 2.00 bits per heavy atom. The molecule has 0 saturated carbocycles. The van der Waals surface area contributed by atoms with Crippen molar-refractivity contribution < 1.29 is 24.1 Å². The summed E-state index contributed by atoms with van der Waals surface area (Å²) in [5.41, 5.74) is -0.289. The number of ether oxygens (including phenoxy) is 2. The van der Waals surface area contributed by atoms with Crippen LogP contribution in [0.2, 0.25) is 0 Å². The number of anilines is 1. The van der Waals surface area contributed by atoms with E-state index in [0.717, 1.165) is 57.5 Å². The molecular formula is C21H37N4O4+. The van der Waals surface area contributed by atoms with Crippen LogP contribution in [0.4, 0.5) is 5.88 Å². The maximum Gasteiger partial charge on any atom is 0.246 e. The number of hydrogen-bond acceptors (Lipinski definition) is 6. The lowest BCUT2D eigenvalue weighted by atomic mass is 9.90. The van der Waals surface area contributed by atoms with Crippen molar-refractivity contribution in [1.82, 2.24) is 10.5 Å². The number of carbonyl (C=O) groups excluding carboxylic acids is 1. The molecule has 8 heteroatoms. The van der Waals surface area contributed by atoms with Gasteiger partial charge in [-0.15, -0.1) is 0 Å². The zero-order valence-electron chi connectivity index (χ0n) is 18.3. The highest BCUT2D eigenvalue weighted by Gasteiger charge is 2.33. The quantitative estimate of drug-likeness (QED) is 0.602. The largest absolute Gasteiger partial charge is 0.353 e. The molecule has 1 unspecified atom stereocenters. The van der Waals surface area contributed by atoms with Gasteiger partial charge in [-0.3, -0.25) is 10.1 Å². The number of rotatable bonds is 8. The maximum absolute atomic E-state index is 12.8. The second-order valence-electron chi connectivity index (χ2n) is 9.43. The molecule has 164 valence electrons. The molecule has 0 radical (unpaired) electrons. The van der Waals surface area contributed by atoms with Crippen LogP contribution in [0, 0.1) is 0 Å². The Balaban J connectivity index is 1.53. The van der Waals surface area contributed by atoms with E-state index in [1.54, 1.807) is 6.07 Å². The molecular weight excluding hydrogens is 372 g/mol. The first-order valence-corrected chi connectivity index (χ1v) is 10.9. The average Bonchev–Trinajstić information content (AvgIpc) is 3.17. The van der Waals surface area contributed by atoms with Crippen molar-refractivity contribution in [3.63, 3.8) is 0 Å². The van der Waals surface area contributed by atoms with Gasteiger partial charge in [0.05, 0.1) is 30.9 Å². The third-order valence-corrected chi connectivity index (χ3v) is 5.78. The highest BCUT2D eigenvalue weighted by molar-refractivity contribution is 5.96. The maximum atomic E-state index is 12.8. The van der Waals surface area contributed by atoms with E-state index in [1.807, 2.05) is 27.7 Å². The Morgan fingerprint density at radius 3 is 2.69 bits per heavy atom. The summed E-state index contributed by atoms with van der Waals surface area (Å²) in [6.45, 7) is 11.3. The van der Waals surface area contributed by atoms with Crippen LogP contribution in [0.25, 0.3) is 0 Å². The molecule has 2 aliphatic heterocycles. The van der Waals surface area contributed by atoms with Gasteiger partial charge in [0.15, 0.2) is 6.29 Å². The lowest BCUT2D eigenvalue weighted by Gasteiger charge is -2.31. The van der Waals surface area contributed by atoms with Gasteiger partial charge in [0, 0.05) is 37.0 Å². The minimum Gasteiger partial charge on any atom is -0.353 e. The topological polar surface area (TPSA) is 102 Å². The van der Waals surface area contributed by atoms with Crippen molar-refractivity contribution in [1.29, 1.82) is 0 Å². The number of aromatic nitrogens is 1. The molecule has 2 aliphatic rings. The van der Waals surface area contributed by atoms with E-state index in [-0.39, 0.29) is 17.6 Å². The predicted octanol–water partition coefficient (Wildman–Crippen LogP) is 1.53. The fraction of sp³-hybridized carbons (Fsp3) is 0.810.